The zero-order valence-corrected chi connectivity index (χ0v) is 9.30. The Bertz CT molecular complexity index is 484. The third-order valence-corrected chi connectivity index (χ3v) is 2.25. The second kappa shape index (κ2) is 5.01. The highest BCUT2D eigenvalue weighted by atomic mass is 19.1. The van der Waals surface area contributed by atoms with Gasteiger partial charge in [-0.2, -0.15) is 4.98 Å². The smallest absolute Gasteiger partial charge is 0.276 e. The maximum Gasteiger partial charge on any atom is 0.276 e. The molecule has 0 aliphatic carbocycles. The van der Waals surface area contributed by atoms with E-state index in [4.69, 9.17) is 4.52 Å². The molecule has 5 nitrogen and oxygen atoms in total. The summed E-state index contributed by atoms with van der Waals surface area (Å²) in [6.07, 6.45) is 1.72. The van der Waals surface area contributed by atoms with Crippen molar-refractivity contribution in [2.45, 2.75) is 25.9 Å². The molecule has 2 aromatic heterocycles. The summed E-state index contributed by atoms with van der Waals surface area (Å²) in [5.41, 5.74) is 0.383. The molecular formula is C11H12FN3O2. The lowest BCUT2D eigenvalue weighted by Gasteiger charge is -2.01. The molecule has 2 aromatic rings. The van der Waals surface area contributed by atoms with Crippen LogP contribution in [0.5, 0.6) is 0 Å². The van der Waals surface area contributed by atoms with Crippen LogP contribution in [0.15, 0.2) is 22.9 Å². The summed E-state index contributed by atoms with van der Waals surface area (Å²) >= 11 is 0. The van der Waals surface area contributed by atoms with Crippen LogP contribution in [0.3, 0.4) is 0 Å². The van der Waals surface area contributed by atoms with E-state index in [0.29, 0.717) is 12.1 Å². The van der Waals surface area contributed by atoms with Gasteiger partial charge in [-0.05, 0) is 18.6 Å². The second-order valence-electron chi connectivity index (χ2n) is 3.62. The largest absolute Gasteiger partial charge is 0.385 e. The predicted octanol–water partition coefficient (Wildman–Crippen LogP) is 2.10. The first kappa shape index (κ1) is 11.7. The van der Waals surface area contributed by atoms with Crippen molar-refractivity contribution in [2.75, 3.05) is 0 Å². The number of hydrogen-bond acceptors (Lipinski definition) is 5. The summed E-state index contributed by atoms with van der Waals surface area (Å²) in [6, 6.07) is 2.70. The van der Waals surface area contributed by atoms with Gasteiger partial charge in [0.1, 0.15) is 17.6 Å². The fraction of sp³-hybridized carbons (Fsp3) is 0.364. The highest BCUT2D eigenvalue weighted by molar-refractivity contribution is 5.45. The highest BCUT2D eigenvalue weighted by Gasteiger charge is 2.16. The first-order valence-corrected chi connectivity index (χ1v) is 5.34. The number of nitrogens with zero attached hydrogens (tertiary/aromatic N) is 3. The van der Waals surface area contributed by atoms with Gasteiger partial charge in [0.25, 0.3) is 5.89 Å². The van der Waals surface area contributed by atoms with Gasteiger partial charge >= 0.3 is 0 Å². The number of hydrogen-bond donors (Lipinski definition) is 1. The summed E-state index contributed by atoms with van der Waals surface area (Å²) in [7, 11) is 0. The van der Waals surface area contributed by atoms with Crippen LogP contribution in [0, 0.1) is 5.82 Å². The first-order chi connectivity index (χ1) is 8.20. The Balaban J connectivity index is 2.20. The molecule has 1 unspecified atom stereocenters. The molecule has 2 rings (SSSR count). The van der Waals surface area contributed by atoms with Crippen molar-refractivity contribution < 1.29 is 14.0 Å². The second-order valence-corrected chi connectivity index (χ2v) is 3.62. The minimum Gasteiger partial charge on any atom is -0.385 e. The molecule has 0 aliphatic heterocycles. The van der Waals surface area contributed by atoms with Gasteiger partial charge in [0.2, 0.25) is 5.82 Å². The fourth-order valence-corrected chi connectivity index (χ4v) is 1.38. The molecule has 0 radical (unpaired) electrons. The molecule has 0 saturated carbocycles. The summed E-state index contributed by atoms with van der Waals surface area (Å²) in [5.74, 6) is -0.0253. The van der Waals surface area contributed by atoms with Crippen LogP contribution in [-0.4, -0.2) is 20.2 Å². The van der Waals surface area contributed by atoms with Crippen molar-refractivity contribution in [3.63, 3.8) is 0 Å². The number of aromatic nitrogens is 3. The molecular weight excluding hydrogens is 225 g/mol. The molecule has 0 spiro atoms. The Morgan fingerprint density at radius 2 is 2.29 bits per heavy atom. The van der Waals surface area contributed by atoms with Crippen molar-refractivity contribution >= 4 is 0 Å². The molecule has 0 aliphatic rings. The number of aliphatic hydroxyl groups excluding tert-OH is 1. The average molecular weight is 237 g/mol. The normalized spacial score (nSPS) is 12.6. The molecule has 0 saturated heterocycles. The summed E-state index contributed by atoms with van der Waals surface area (Å²) in [6.45, 7) is 1.95. The van der Waals surface area contributed by atoms with Crippen LogP contribution < -0.4 is 0 Å². The fourth-order valence-electron chi connectivity index (χ4n) is 1.38. The van der Waals surface area contributed by atoms with Gasteiger partial charge in [-0.15, -0.1) is 0 Å². The zero-order valence-electron chi connectivity index (χ0n) is 9.30. The van der Waals surface area contributed by atoms with E-state index in [-0.39, 0.29) is 11.7 Å². The topological polar surface area (TPSA) is 72.0 Å². The molecule has 0 bridgehead atoms. The van der Waals surface area contributed by atoms with Crippen LogP contribution in [-0.2, 0) is 0 Å². The average Bonchev–Trinajstić information content (AvgIpc) is 2.80. The van der Waals surface area contributed by atoms with E-state index in [9.17, 15) is 9.50 Å². The van der Waals surface area contributed by atoms with Crippen LogP contribution in [0.2, 0.25) is 0 Å². The molecule has 2 heterocycles. The minimum absolute atomic E-state index is 0.176. The predicted molar refractivity (Wildman–Crippen MR) is 57.4 cm³/mol. The molecule has 0 fully saturated rings. The van der Waals surface area contributed by atoms with Crippen molar-refractivity contribution in [3.05, 3.63) is 30.0 Å². The molecule has 0 aromatic carbocycles. The zero-order chi connectivity index (χ0) is 12.3. The Labute approximate surface area is 97.3 Å². The van der Waals surface area contributed by atoms with Gasteiger partial charge in [0.05, 0.1) is 6.20 Å². The van der Waals surface area contributed by atoms with Gasteiger partial charge in [0, 0.05) is 0 Å². The third-order valence-electron chi connectivity index (χ3n) is 2.25. The van der Waals surface area contributed by atoms with E-state index in [1.165, 1.54) is 12.1 Å². The Kier molecular flexibility index (Phi) is 3.43. The molecule has 90 valence electrons. The van der Waals surface area contributed by atoms with Gasteiger partial charge in [-0.25, -0.2) is 9.37 Å². The number of rotatable bonds is 4. The van der Waals surface area contributed by atoms with Crippen LogP contribution >= 0.6 is 0 Å². The molecule has 0 amide bonds. The Hall–Kier alpha value is -1.82. The van der Waals surface area contributed by atoms with Crippen molar-refractivity contribution in [1.82, 2.24) is 15.1 Å². The lowest BCUT2D eigenvalue weighted by Crippen LogP contribution is -1.98. The number of aliphatic hydroxyl groups is 1. The highest BCUT2D eigenvalue weighted by Crippen LogP contribution is 2.19. The SMILES string of the molecule is CCCC(O)c1noc(-c2ccc(F)cn2)n1. The lowest BCUT2D eigenvalue weighted by atomic mass is 10.2. The van der Waals surface area contributed by atoms with Crippen LogP contribution in [0.1, 0.15) is 31.7 Å². The maximum absolute atomic E-state index is 12.7. The van der Waals surface area contributed by atoms with Crippen molar-refractivity contribution in [1.29, 1.82) is 0 Å². The van der Waals surface area contributed by atoms with Gasteiger partial charge in [-0.3, -0.25) is 0 Å². The maximum atomic E-state index is 12.7. The third kappa shape index (κ3) is 2.65. The summed E-state index contributed by atoms with van der Waals surface area (Å²) < 4.78 is 17.6. The van der Waals surface area contributed by atoms with Gasteiger partial charge in [-0.1, -0.05) is 18.5 Å². The van der Waals surface area contributed by atoms with Crippen molar-refractivity contribution in [3.8, 4) is 11.6 Å². The first-order valence-electron chi connectivity index (χ1n) is 5.34. The Morgan fingerprint density at radius 1 is 1.47 bits per heavy atom. The van der Waals surface area contributed by atoms with Gasteiger partial charge in [0.15, 0.2) is 0 Å². The minimum atomic E-state index is -0.738. The summed E-state index contributed by atoms with van der Waals surface area (Å²) in [5, 5.41) is 13.3. The van der Waals surface area contributed by atoms with E-state index in [1.807, 2.05) is 6.92 Å². The van der Waals surface area contributed by atoms with E-state index in [0.717, 1.165) is 12.6 Å². The summed E-state index contributed by atoms with van der Waals surface area (Å²) in [4.78, 5) is 7.83. The molecule has 6 heteroatoms. The van der Waals surface area contributed by atoms with E-state index in [2.05, 4.69) is 15.1 Å². The van der Waals surface area contributed by atoms with Crippen LogP contribution in [0.4, 0.5) is 4.39 Å². The van der Waals surface area contributed by atoms with E-state index in [1.54, 1.807) is 0 Å². The number of halogens is 1. The Morgan fingerprint density at radius 3 is 2.94 bits per heavy atom. The molecule has 1 atom stereocenters. The number of pyridine rings is 1. The van der Waals surface area contributed by atoms with Crippen molar-refractivity contribution in [2.24, 2.45) is 0 Å². The van der Waals surface area contributed by atoms with Crippen LogP contribution in [0.25, 0.3) is 11.6 Å². The molecule has 1 N–H and O–H groups in total. The monoisotopic (exact) mass is 237 g/mol. The lowest BCUT2D eigenvalue weighted by molar-refractivity contribution is 0.153. The van der Waals surface area contributed by atoms with Gasteiger partial charge < -0.3 is 9.63 Å². The van der Waals surface area contributed by atoms with E-state index >= 15 is 0 Å². The quantitative estimate of drug-likeness (QED) is 0.881. The van der Waals surface area contributed by atoms with E-state index < -0.39 is 11.9 Å². The standard InChI is InChI=1S/C11H12FN3O2/c1-2-3-9(16)10-14-11(17-15-10)8-5-4-7(12)6-13-8/h4-6,9,16H,2-3H2,1H3. The molecule has 17 heavy (non-hydrogen) atoms.